The summed E-state index contributed by atoms with van der Waals surface area (Å²) in [7, 11) is 4.15. The van der Waals surface area contributed by atoms with Crippen LogP contribution in [0, 0.1) is 13.8 Å². The van der Waals surface area contributed by atoms with Crippen molar-refractivity contribution in [2.45, 2.75) is 25.1 Å². The van der Waals surface area contributed by atoms with Crippen LogP contribution < -0.4 is 5.32 Å². The maximum Gasteiger partial charge on any atom is 0.321 e. The van der Waals surface area contributed by atoms with Gasteiger partial charge in [-0.2, -0.15) is 16.9 Å². The van der Waals surface area contributed by atoms with Gasteiger partial charge < -0.3 is 15.1 Å². The highest BCUT2D eigenvalue weighted by molar-refractivity contribution is 7.99. The Hall–Kier alpha value is -1.99. The number of hydrogen-bond donors (Lipinski definition) is 1. The number of anilines is 1. The van der Waals surface area contributed by atoms with Crippen LogP contribution in [0.15, 0.2) is 30.3 Å². The fourth-order valence-electron chi connectivity index (χ4n) is 3.48. The summed E-state index contributed by atoms with van der Waals surface area (Å²) >= 11 is 1.82. The number of thioether (sulfide) groups is 1. The number of carbonyl (C=O) groups is 1. The highest BCUT2D eigenvalue weighted by Crippen LogP contribution is 2.26. The van der Waals surface area contributed by atoms with Crippen LogP contribution in [-0.4, -0.2) is 70.3 Å². The molecule has 1 saturated heterocycles. The summed E-state index contributed by atoms with van der Waals surface area (Å²) in [6.07, 6.45) is 2.11. The molecule has 0 radical (unpaired) electrons. The molecule has 0 bridgehead atoms. The van der Waals surface area contributed by atoms with Crippen LogP contribution in [0.2, 0.25) is 0 Å². The minimum atomic E-state index is -0.0534. The molecule has 1 aromatic heterocycles. The number of likely N-dealkylation sites (N-methyl/N-ethyl adjacent to an activating group) is 1. The molecule has 3 rings (SSSR count). The van der Waals surface area contributed by atoms with Crippen molar-refractivity contribution in [1.82, 2.24) is 19.6 Å². The molecule has 2 heterocycles. The van der Waals surface area contributed by atoms with Crippen LogP contribution >= 0.6 is 11.8 Å². The number of aromatic nitrogens is 2. The molecule has 26 heavy (non-hydrogen) atoms. The third-order valence-electron chi connectivity index (χ3n) is 4.87. The number of hydrogen-bond acceptors (Lipinski definition) is 4. The Bertz CT molecular complexity index is 788. The van der Waals surface area contributed by atoms with E-state index < -0.39 is 0 Å². The molecular weight excluding hydrogens is 346 g/mol. The van der Waals surface area contributed by atoms with Gasteiger partial charge in [0.25, 0.3) is 0 Å². The van der Waals surface area contributed by atoms with Crippen molar-refractivity contribution in [3.8, 4) is 5.69 Å². The van der Waals surface area contributed by atoms with Gasteiger partial charge in [0, 0.05) is 30.1 Å². The zero-order valence-corrected chi connectivity index (χ0v) is 16.9. The fraction of sp³-hybridized carbons (Fsp3) is 0.474. The molecule has 0 spiro atoms. The topological polar surface area (TPSA) is 53.4 Å². The zero-order chi connectivity index (χ0) is 18.8. The quantitative estimate of drug-likeness (QED) is 0.895. The summed E-state index contributed by atoms with van der Waals surface area (Å²) in [6, 6.07) is 10.2. The minimum Gasteiger partial charge on any atom is -0.322 e. The average molecular weight is 374 g/mol. The number of benzene rings is 1. The van der Waals surface area contributed by atoms with Crippen LogP contribution in [0.25, 0.3) is 5.69 Å². The summed E-state index contributed by atoms with van der Waals surface area (Å²) in [5.41, 5.74) is 3.66. The molecule has 2 amide bonds. The average Bonchev–Trinajstić information content (AvgIpc) is 3.18. The summed E-state index contributed by atoms with van der Waals surface area (Å²) in [5, 5.41) is 8.07. The number of likely N-dealkylation sites (tertiary alicyclic amines) is 1. The first kappa shape index (κ1) is 18.8. The minimum absolute atomic E-state index is 0.0534. The lowest BCUT2D eigenvalue weighted by atomic mass is 10.2. The van der Waals surface area contributed by atoms with Crippen LogP contribution in [0.3, 0.4) is 0 Å². The van der Waals surface area contributed by atoms with Crippen molar-refractivity contribution in [1.29, 1.82) is 0 Å². The number of nitrogens with zero attached hydrogens (tertiary/aromatic N) is 4. The van der Waals surface area contributed by atoms with Gasteiger partial charge >= 0.3 is 6.03 Å². The predicted molar refractivity (Wildman–Crippen MR) is 108 cm³/mol. The molecule has 0 saturated carbocycles. The molecule has 0 unspecified atom stereocenters. The number of carbonyl (C=O) groups excluding carboxylic acids is 1. The second kappa shape index (κ2) is 7.72. The Morgan fingerprint density at radius 3 is 2.58 bits per heavy atom. The Balaban J connectivity index is 1.80. The van der Waals surface area contributed by atoms with Crippen molar-refractivity contribution < 1.29 is 4.79 Å². The molecule has 1 fully saturated rings. The van der Waals surface area contributed by atoms with Gasteiger partial charge in [0.15, 0.2) is 0 Å². The van der Waals surface area contributed by atoms with Gasteiger partial charge in [-0.25, -0.2) is 9.48 Å². The molecule has 2 atom stereocenters. The van der Waals surface area contributed by atoms with Crippen molar-refractivity contribution in [3.63, 3.8) is 0 Å². The smallest absolute Gasteiger partial charge is 0.321 e. The van der Waals surface area contributed by atoms with Gasteiger partial charge in [-0.05, 0) is 52.4 Å². The Morgan fingerprint density at radius 1 is 1.27 bits per heavy atom. The molecule has 1 aliphatic heterocycles. The van der Waals surface area contributed by atoms with Gasteiger partial charge in [0.1, 0.15) is 0 Å². The number of amides is 2. The molecular formula is C19H27N5OS. The standard InChI is InChI=1S/C19H27N5OS/c1-13-10-14(2)24(21-13)16-9-7-6-8-15(16)20-19(25)23-11-17(22(3)4)18(12-23)26-5/h6-10,17-18H,11-12H2,1-5H3,(H,20,25)/t17-,18-/m1/s1. The first-order valence-electron chi connectivity index (χ1n) is 8.78. The van der Waals surface area contributed by atoms with Crippen molar-refractivity contribution in [2.75, 3.05) is 38.8 Å². The Kier molecular flexibility index (Phi) is 5.58. The van der Waals surface area contributed by atoms with Crippen LogP contribution in [-0.2, 0) is 0 Å². The maximum absolute atomic E-state index is 12.9. The molecule has 1 aliphatic rings. The first-order chi connectivity index (χ1) is 12.4. The van der Waals surface area contributed by atoms with Crippen molar-refractivity contribution in [3.05, 3.63) is 41.7 Å². The summed E-state index contributed by atoms with van der Waals surface area (Å²) in [6.45, 7) is 5.49. The van der Waals surface area contributed by atoms with E-state index in [0.29, 0.717) is 11.3 Å². The van der Waals surface area contributed by atoms with Gasteiger partial charge in [-0.3, -0.25) is 0 Å². The predicted octanol–water partition coefficient (Wildman–Crippen LogP) is 3.00. The van der Waals surface area contributed by atoms with Crippen LogP contribution in [0.5, 0.6) is 0 Å². The highest BCUT2D eigenvalue weighted by Gasteiger charge is 2.36. The summed E-state index contributed by atoms with van der Waals surface area (Å²) in [4.78, 5) is 17.0. The van der Waals surface area contributed by atoms with Crippen molar-refractivity contribution in [2.24, 2.45) is 0 Å². The molecule has 2 aromatic rings. The molecule has 1 N–H and O–H groups in total. The lowest BCUT2D eigenvalue weighted by Gasteiger charge is -2.23. The summed E-state index contributed by atoms with van der Waals surface area (Å²) < 4.78 is 1.88. The second-order valence-electron chi connectivity index (χ2n) is 7.00. The number of rotatable bonds is 4. The molecule has 7 heteroatoms. The van der Waals surface area contributed by atoms with E-state index in [9.17, 15) is 4.79 Å². The third-order valence-corrected chi connectivity index (χ3v) is 5.94. The Morgan fingerprint density at radius 2 is 2.00 bits per heavy atom. The van der Waals surface area contributed by atoms with Crippen LogP contribution in [0.1, 0.15) is 11.4 Å². The van der Waals surface area contributed by atoms with Gasteiger partial charge in [0.2, 0.25) is 0 Å². The lowest BCUT2D eigenvalue weighted by Crippen LogP contribution is -2.38. The highest BCUT2D eigenvalue weighted by atomic mass is 32.2. The number of para-hydroxylation sites is 2. The fourth-order valence-corrected chi connectivity index (χ4v) is 4.45. The lowest BCUT2D eigenvalue weighted by molar-refractivity contribution is 0.216. The molecule has 6 nitrogen and oxygen atoms in total. The Labute approximate surface area is 159 Å². The monoisotopic (exact) mass is 373 g/mol. The number of urea groups is 1. The maximum atomic E-state index is 12.9. The van der Waals surface area contributed by atoms with E-state index in [1.165, 1.54) is 0 Å². The van der Waals surface area contributed by atoms with E-state index in [0.717, 1.165) is 35.9 Å². The normalized spacial score (nSPS) is 20.0. The van der Waals surface area contributed by atoms with Gasteiger partial charge in [0.05, 0.1) is 17.1 Å². The second-order valence-corrected chi connectivity index (χ2v) is 8.07. The van der Waals surface area contributed by atoms with Gasteiger partial charge in [-0.15, -0.1) is 0 Å². The van der Waals surface area contributed by atoms with E-state index in [4.69, 9.17) is 0 Å². The first-order valence-corrected chi connectivity index (χ1v) is 10.1. The van der Waals surface area contributed by atoms with Crippen LogP contribution in [0.4, 0.5) is 10.5 Å². The SMILES string of the molecule is CS[C@@H]1CN(C(=O)Nc2ccccc2-n2nc(C)cc2C)C[C@H]1N(C)C. The van der Waals surface area contributed by atoms with Crippen molar-refractivity contribution >= 4 is 23.5 Å². The van der Waals surface area contributed by atoms with E-state index in [1.54, 1.807) is 0 Å². The van der Waals surface area contributed by atoms with E-state index >= 15 is 0 Å². The van der Waals surface area contributed by atoms with E-state index in [1.807, 2.05) is 65.5 Å². The van der Waals surface area contributed by atoms with E-state index in [-0.39, 0.29) is 6.03 Å². The zero-order valence-electron chi connectivity index (χ0n) is 16.1. The number of aryl methyl sites for hydroxylation is 2. The van der Waals surface area contributed by atoms with E-state index in [2.05, 4.69) is 35.7 Å². The summed E-state index contributed by atoms with van der Waals surface area (Å²) in [5.74, 6) is 0. The molecule has 140 valence electrons. The molecule has 0 aliphatic carbocycles. The molecule has 1 aromatic carbocycles. The number of nitrogens with one attached hydrogen (secondary N) is 1. The van der Waals surface area contributed by atoms with Gasteiger partial charge in [-0.1, -0.05) is 12.1 Å². The largest absolute Gasteiger partial charge is 0.322 e. The third kappa shape index (κ3) is 3.73.